The number of carbonyl (C=O) groups is 1. The Morgan fingerprint density at radius 1 is 1.54 bits per heavy atom. The second kappa shape index (κ2) is 3.39. The molecule has 1 aliphatic carbocycles. The third kappa shape index (κ3) is 1.51. The lowest BCUT2D eigenvalue weighted by Crippen LogP contribution is -2.53. The number of nitrogens with one attached hydrogen (secondary N) is 1. The summed E-state index contributed by atoms with van der Waals surface area (Å²) in [6.07, 6.45) is 3.95. The van der Waals surface area contributed by atoms with Crippen LogP contribution < -0.4 is 11.1 Å². The summed E-state index contributed by atoms with van der Waals surface area (Å²) in [5.74, 6) is 1.04. The van der Waals surface area contributed by atoms with Crippen molar-refractivity contribution in [3.05, 3.63) is 0 Å². The maximum atomic E-state index is 11.0. The maximum Gasteiger partial charge on any atom is 0.134 e. The number of nitrogens with two attached hydrogens (primary N) is 1. The first-order valence-corrected chi connectivity index (χ1v) is 5.19. The molecule has 0 aromatic rings. The van der Waals surface area contributed by atoms with E-state index in [2.05, 4.69) is 5.32 Å². The van der Waals surface area contributed by atoms with Gasteiger partial charge >= 0.3 is 0 Å². The minimum absolute atomic E-state index is 0.171. The van der Waals surface area contributed by atoms with E-state index in [1.54, 1.807) is 0 Å². The van der Waals surface area contributed by atoms with Crippen LogP contribution in [0.15, 0.2) is 0 Å². The van der Waals surface area contributed by atoms with Crippen LogP contribution in [0.2, 0.25) is 0 Å². The highest BCUT2D eigenvalue weighted by Crippen LogP contribution is 2.46. The molecule has 0 radical (unpaired) electrons. The third-order valence-electron chi connectivity index (χ3n) is 3.67. The first kappa shape index (κ1) is 9.16. The van der Waals surface area contributed by atoms with Gasteiger partial charge in [-0.1, -0.05) is 0 Å². The predicted molar refractivity (Wildman–Crippen MR) is 51.3 cm³/mol. The lowest BCUT2D eigenvalue weighted by atomic mass is 9.59. The Balaban J connectivity index is 1.99. The molecule has 3 N–H and O–H groups in total. The average Bonchev–Trinajstić information content (AvgIpc) is 2.14. The molecular weight excluding hydrogens is 164 g/mol. The molecule has 0 aromatic heterocycles. The lowest BCUT2D eigenvalue weighted by molar-refractivity contribution is -0.136. The van der Waals surface area contributed by atoms with Crippen LogP contribution in [0.4, 0.5) is 0 Å². The van der Waals surface area contributed by atoms with Gasteiger partial charge in [0.05, 0.1) is 0 Å². The van der Waals surface area contributed by atoms with Crippen LogP contribution in [-0.2, 0) is 4.79 Å². The van der Waals surface area contributed by atoms with E-state index in [1.165, 1.54) is 12.8 Å². The lowest BCUT2D eigenvalue weighted by Gasteiger charge is -2.47. The molecule has 0 spiro atoms. The molecular formula is C10H18N2O. The van der Waals surface area contributed by atoms with Crippen molar-refractivity contribution < 1.29 is 4.79 Å². The first-order chi connectivity index (χ1) is 6.27. The second-order valence-electron chi connectivity index (χ2n) is 4.50. The molecule has 2 rings (SSSR count). The number of carbonyl (C=O) groups excluding carboxylic acids is 1. The van der Waals surface area contributed by atoms with Crippen molar-refractivity contribution in [1.82, 2.24) is 5.32 Å². The summed E-state index contributed by atoms with van der Waals surface area (Å²) < 4.78 is 0. The van der Waals surface area contributed by atoms with Gasteiger partial charge in [-0.25, -0.2) is 0 Å². The van der Waals surface area contributed by atoms with E-state index in [-0.39, 0.29) is 5.41 Å². The maximum absolute atomic E-state index is 11.0. The molecule has 0 bridgehead atoms. The molecule has 0 aromatic carbocycles. The van der Waals surface area contributed by atoms with E-state index >= 15 is 0 Å². The number of piperidine rings is 1. The van der Waals surface area contributed by atoms with Crippen LogP contribution in [0.5, 0.6) is 0 Å². The van der Waals surface area contributed by atoms with E-state index in [9.17, 15) is 4.79 Å². The molecule has 1 atom stereocenters. The zero-order valence-corrected chi connectivity index (χ0v) is 8.01. The minimum Gasteiger partial charge on any atom is -0.330 e. The smallest absolute Gasteiger partial charge is 0.134 e. The highest BCUT2D eigenvalue weighted by Gasteiger charge is 2.47. The summed E-state index contributed by atoms with van der Waals surface area (Å²) in [5.41, 5.74) is 5.95. The predicted octanol–water partition coefficient (Wildman–Crippen LogP) is 0.294. The van der Waals surface area contributed by atoms with Crippen molar-refractivity contribution >= 4 is 5.78 Å². The highest BCUT2D eigenvalue weighted by atomic mass is 16.1. The Labute approximate surface area is 79.1 Å². The molecule has 1 saturated heterocycles. The van der Waals surface area contributed by atoms with Crippen molar-refractivity contribution in [2.24, 2.45) is 17.1 Å². The van der Waals surface area contributed by atoms with Gasteiger partial charge in [0, 0.05) is 18.3 Å². The van der Waals surface area contributed by atoms with Crippen LogP contribution in [0.1, 0.15) is 25.7 Å². The van der Waals surface area contributed by atoms with Crippen molar-refractivity contribution in [1.29, 1.82) is 0 Å². The molecule has 0 amide bonds. The van der Waals surface area contributed by atoms with E-state index in [4.69, 9.17) is 5.73 Å². The SMILES string of the molecule is NCC1(C2CCCNC2)CC(=O)C1. The summed E-state index contributed by atoms with van der Waals surface area (Å²) in [4.78, 5) is 11.0. The van der Waals surface area contributed by atoms with Crippen molar-refractivity contribution in [3.8, 4) is 0 Å². The molecule has 3 nitrogen and oxygen atoms in total. The molecule has 1 saturated carbocycles. The summed E-state index contributed by atoms with van der Waals surface area (Å²) in [5, 5.41) is 3.39. The fraction of sp³-hybridized carbons (Fsp3) is 0.900. The largest absolute Gasteiger partial charge is 0.330 e. The van der Waals surface area contributed by atoms with E-state index in [0.717, 1.165) is 25.9 Å². The van der Waals surface area contributed by atoms with Gasteiger partial charge in [-0.3, -0.25) is 4.79 Å². The molecule has 2 aliphatic rings. The highest BCUT2D eigenvalue weighted by molar-refractivity contribution is 5.86. The molecule has 3 heteroatoms. The molecule has 1 unspecified atom stereocenters. The normalized spacial score (nSPS) is 32.7. The number of rotatable bonds is 2. The van der Waals surface area contributed by atoms with Gasteiger partial charge < -0.3 is 11.1 Å². The summed E-state index contributed by atoms with van der Waals surface area (Å²) in [6, 6.07) is 0. The van der Waals surface area contributed by atoms with Crippen LogP contribution >= 0.6 is 0 Å². The van der Waals surface area contributed by atoms with E-state index < -0.39 is 0 Å². The van der Waals surface area contributed by atoms with Gasteiger partial charge in [0.25, 0.3) is 0 Å². The Kier molecular flexibility index (Phi) is 2.39. The molecule has 1 heterocycles. The quantitative estimate of drug-likeness (QED) is 0.645. The Morgan fingerprint density at radius 2 is 2.31 bits per heavy atom. The molecule has 74 valence electrons. The second-order valence-corrected chi connectivity index (χ2v) is 4.50. The van der Waals surface area contributed by atoms with Crippen molar-refractivity contribution in [3.63, 3.8) is 0 Å². The molecule has 1 aliphatic heterocycles. The summed E-state index contributed by atoms with van der Waals surface area (Å²) in [7, 11) is 0. The zero-order chi connectivity index (χ0) is 9.31. The number of hydrogen-bond donors (Lipinski definition) is 2. The Bertz CT molecular complexity index is 201. The van der Waals surface area contributed by atoms with Gasteiger partial charge in [-0.15, -0.1) is 0 Å². The van der Waals surface area contributed by atoms with Gasteiger partial charge in [-0.05, 0) is 38.4 Å². The number of ketones is 1. The molecule has 13 heavy (non-hydrogen) atoms. The summed E-state index contributed by atoms with van der Waals surface area (Å²) >= 11 is 0. The standard InChI is InChI=1S/C10H18N2O/c11-7-10(4-9(13)5-10)8-2-1-3-12-6-8/h8,12H,1-7,11H2. The van der Waals surface area contributed by atoms with Crippen molar-refractivity contribution in [2.75, 3.05) is 19.6 Å². The van der Waals surface area contributed by atoms with E-state index in [1.807, 2.05) is 0 Å². The fourth-order valence-corrected chi connectivity index (χ4v) is 2.71. The Hall–Kier alpha value is -0.410. The topological polar surface area (TPSA) is 55.1 Å². The Morgan fingerprint density at radius 3 is 2.77 bits per heavy atom. The number of Topliss-reactive ketones (excluding diaryl/α,β-unsaturated/α-hetero) is 1. The van der Waals surface area contributed by atoms with Gasteiger partial charge in [0.2, 0.25) is 0 Å². The van der Waals surface area contributed by atoms with Crippen LogP contribution in [0.25, 0.3) is 0 Å². The van der Waals surface area contributed by atoms with Crippen LogP contribution in [-0.4, -0.2) is 25.4 Å². The monoisotopic (exact) mass is 182 g/mol. The first-order valence-electron chi connectivity index (χ1n) is 5.19. The van der Waals surface area contributed by atoms with E-state index in [0.29, 0.717) is 18.2 Å². The summed E-state index contributed by atoms with van der Waals surface area (Å²) in [6.45, 7) is 2.88. The fourth-order valence-electron chi connectivity index (χ4n) is 2.71. The number of hydrogen-bond acceptors (Lipinski definition) is 3. The van der Waals surface area contributed by atoms with Gasteiger partial charge in [0.15, 0.2) is 0 Å². The third-order valence-corrected chi connectivity index (χ3v) is 3.67. The minimum atomic E-state index is 0.171. The van der Waals surface area contributed by atoms with Crippen LogP contribution in [0, 0.1) is 11.3 Å². The van der Waals surface area contributed by atoms with Crippen molar-refractivity contribution in [2.45, 2.75) is 25.7 Å². The zero-order valence-electron chi connectivity index (χ0n) is 8.01. The van der Waals surface area contributed by atoms with Gasteiger partial charge in [-0.2, -0.15) is 0 Å². The average molecular weight is 182 g/mol. The molecule has 2 fully saturated rings. The van der Waals surface area contributed by atoms with Crippen LogP contribution in [0.3, 0.4) is 0 Å². The van der Waals surface area contributed by atoms with Gasteiger partial charge in [0.1, 0.15) is 5.78 Å².